The van der Waals surface area contributed by atoms with E-state index in [1.807, 2.05) is 44.6 Å². The predicted octanol–water partition coefficient (Wildman–Crippen LogP) is 3.32. The van der Waals surface area contributed by atoms with Crippen LogP contribution in [0.4, 0.5) is 0 Å². The van der Waals surface area contributed by atoms with Gasteiger partial charge in [-0.1, -0.05) is 33.7 Å². The quantitative estimate of drug-likeness (QED) is 0.485. The van der Waals surface area contributed by atoms with Gasteiger partial charge in [0.1, 0.15) is 17.7 Å². The van der Waals surface area contributed by atoms with Crippen LogP contribution < -0.4 is 4.74 Å². The molecule has 0 saturated carbocycles. The number of allylic oxidation sites excluding steroid dienone is 1. The van der Waals surface area contributed by atoms with E-state index in [4.69, 9.17) is 14.2 Å². The van der Waals surface area contributed by atoms with Gasteiger partial charge in [-0.25, -0.2) is 4.98 Å². The van der Waals surface area contributed by atoms with Crippen LogP contribution in [0.25, 0.3) is 21.8 Å². The normalized spacial score (nSPS) is 20.2. The highest BCUT2D eigenvalue weighted by Crippen LogP contribution is 2.34. The minimum Gasteiger partial charge on any atom is -0.471 e. The van der Waals surface area contributed by atoms with Gasteiger partial charge in [-0.05, 0) is 12.1 Å². The summed E-state index contributed by atoms with van der Waals surface area (Å²) in [6.07, 6.45) is 4.27. The molecule has 3 heterocycles. The molecule has 1 aliphatic heterocycles. The molecule has 4 atom stereocenters. The van der Waals surface area contributed by atoms with Gasteiger partial charge in [0.25, 0.3) is 0 Å². The molecule has 3 unspecified atom stereocenters. The summed E-state index contributed by atoms with van der Waals surface area (Å²) in [6.45, 7) is 5.11. The Morgan fingerprint density at radius 2 is 2.15 bits per heavy atom. The summed E-state index contributed by atoms with van der Waals surface area (Å²) in [5.41, 5.74) is 1.83. The smallest absolute Gasteiger partial charge is 0.325 e. The van der Waals surface area contributed by atoms with Crippen molar-refractivity contribution in [3.05, 3.63) is 49.2 Å². The lowest BCUT2D eigenvalue weighted by Gasteiger charge is -2.16. The van der Waals surface area contributed by atoms with Crippen LogP contribution in [0.3, 0.4) is 0 Å². The van der Waals surface area contributed by atoms with E-state index in [0.29, 0.717) is 25.4 Å². The Labute approximate surface area is 162 Å². The Morgan fingerprint density at radius 1 is 1.33 bits per heavy atom. The molecule has 0 amide bonds. The van der Waals surface area contributed by atoms with E-state index in [1.165, 1.54) is 0 Å². The summed E-state index contributed by atoms with van der Waals surface area (Å²) in [6, 6.07) is 9.78. The number of nitrogens with zero attached hydrogens (tertiary/aromatic N) is 3. The minimum absolute atomic E-state index is 0.152. The molecule has 1 fully saturated rings. The van der Waals surface area contributed by atoms with Crippen molar-refractivity contribution in [1.29, 1.82) is 0 Å². The molecule has 1 aliphatic rings. The number of aromatic nitrogens is 2. The van der Waals surface area contributed by atoms with Crippen LogP contribution in [0.1, 0.15) is 6.42 Å². The van der Waals surface area contributed by atoms with Gasteiger partial charge in [-0.3, -0.25) is 9.46 Å². The summed E-state index contributed by atoms with van der Waals surface area (Å²) >= 11 is 0. The third-order valence-electron chi connectivity index (χ3n) is 4.88. The number of ether oxygens (including phenoxy) is 1. The predicted molar refractivity (Wildman–Crippen MR) is 112 cm³/mol. The number of fused-ring (bicyclic) bond motifs is 3. The van der Waals surface area contributed by atoms with Crippen LogP contribution in [-0.4, -0.2) is 38.9 Å². The molecule has 1 saturated heterocycles. The highest BCUT2D eigenvalue weighted by atomic mass is 31.0. The fraction of sp³-hybridized carbons (Fsp3) is 0.263. The maximum Gasteiger partial charge on any atom is 0.325 e. The van der Waals surface area contributed by atoms with E-state index in [9.17, 15) is 4.79 Å². The van der Waals surface area contributed by atoms with Crippen LogP contribution in [0.15, 0.2) is 49.2 Å². The van der Waals surface area contributed by atoms with Crippen molar-refractivity contribution in [2.45, 2.75) is 25.1 Å². The third-order valence-corrected chi connectivity index (χ3v) is 5.68. The number of benzene rings is 1. The van der Waals surface area contributed by atoms with Crippen LogP contribution >= 0.6 is 18.9 Å². The minimum atomic E-state index is -0.339. The summed E-state index contributed by atoms with van der Waals surface area (Å²) < 4.78 is 15.1. The molecule has 3 aromatic rings. The first-order valence-electron chi connectivity index (χ1n) is 8.69. The second-order valence-corrected chi connectivity index (χ2v) is 7.48. The van der Waals surface area contributed by atoms with Crippen LogP contribution in [0, 0.1) is 0 Å². The fourth-order valence-electron chi connectivity index (χ4n) is 3.64. The van der Waals surface area contributed by atoms with Gasteiger partial charge in [0.05, 0.1) is 15.0 Å². The molecule has 8 heteroatoms. The summed E-state index contributed by atoms with van der Waals surface area (Å²) in [5.74, 6) is 0.298. The van der Waals surface area contributed by atoms with Crippen LogP contribution in [0.5, 0.6) is 5.88 Å². The number of pyridine rings is 1. The first-order chi connectivity index (χ1) is 13.1. The summed E-state index contributed by atoms with van der Waals surface area (Å²) in [4.78, 5) is 16.7. The van der Waals surface area contributed by atoms with Crippen molar-refractivity contribution in [1.82, 2.24) is 14.2 Å². The molecule has 6 nitrogen and oxygen atoms in total. The van der Waals surface area contributed by atoms with Gasteiger partial charge in [0.2, 0.25) is 5.88 Å². The molecule has 0 N–H and O–H groups in total. The first kappa shape index (κ1) is 18.4. The molecule has 0 radical (unpaired) electrons. The van der Waals surface area contributed by atoms with E-state index in [1.54, 1.807) is 0 Å². The van der Waals surface area contributed by atoms with E-state index >= 15 is 0 Å². The molecule has 4 rings (SSSR count). The lowest BCUT2D eigenvalue weighted by Crippen LogP contribution is -2.28. The highest BCUT2D eigenvalue weighted by molar-refractivity contribution is 7.13. The molecule has 27 heavy (non-hydrogen) atoms. The number of rotatable bonds is 5. The average Bonchev–Trinajstić information content (AvgIpc) is 3.25. The molecule has 0 aliphatic carbocycles. The van der Waals surface area contributed by atoms with Crippen molar-refractivity contribution >= 4 is 46.6 Å². The Bertz CT molecular complexity index is 1020. The summed E-state index contributed by atoms with van der Waals surface area (Å²) in [7, 11) is 4.59. The second kappa shape index (κ2) is 7.55. The highest BCUT2D eigenvalue weighted by Gasteiger charge is 2.37. The van der Waals surface area contributed by atoms with E-state index in [0.717, 1.165) is 21.8 Å². The molecule has 0 spiro atoms. The molecule has 1 aromatic carbocycles. The third kappa shape index (κ3) is 3.34. The fourth-order valence-corrected chi connectivity index (χ4v) is 4.27. The van der Waals surface area contributed by atoms with E-state index < -0.39 is 0 Å². The van der Waals surface area contributed by atoms with E-state index in [2.05, 4.69) is 32.7 Å². The van der Waals surface area contributed by atoms with Gasteiger partial charge in [0.15, 0.2) is 0 Å². The Hall–Kier alpha value is -2.00. The van der Waals surface area contributed by atoms with Gasteiger partial charge < -0.3 is 13.8 Å². The number of para-hydroxylation sites is 1. The topological polar surface area (TPSA) is 56.6 Å². The maximum atomic E-state index is 11.9. The van der Waals surface area contributed by atoms with Gasteiger partial charge in [-0.15, -0.1) is 6.58 Å². The number of hydrogen-bond donors (Lipinski definition) is 0. The van der Waals surface area contributed by atoms with Gasteiger partial charge in [-0.2, -0.15) is 0 Å². The van der Waals surface area contributed by atoms with Crippen molar-refractivity contribution in [3.63, 3.8) is 0 Å². The zero-order chi connectivity index (χ0) is 19.0. The number of carbonyl (C=O) groups is 1. The average molecular weight is 401 g/mol. The zero-order valence-corrected chi connectivity index (χ0v) is 17.1. The Morgan fingerprint density at radius 3 is 2.93 bits per heavy atom. The lowest BCUT2D eigenvalue weighted by molar-refractivity contribution is -0.136. The zero-order valence-electron chi connectivity index (χ0n) is 14.7. The SMILES string of the molecule is C=CCn1ccc2c3ccccc3nc(OC3C[C@@H](C(=O)OP)N(P)C3)c21. The van der Waals surface area contributed by atoms with Gasteiger partial charge >= 0.3 is 5.97 Å². The van der Waals surface area contributed by atoms with Crippen molar-refractivity contribution in [2.75, 3.05) is 6.54 Å². The number of carbonyl (C=O) groups excluding carboxylic acids is 1. The maximum absolute atomic E-state index is 11.9. The van der Waals surface area contributed by atoms with Gasteiger partial charge in [0, 0.05) is 36.5 Å². The molecular weight excluding hydrogens is 380 g/mol. The Balaban J connectivity index is 1.75. The monoisotopic (exact) mass is 401 g/mol. The largest absolute Gasteiger partial charge is 0.471 e. The van der Waals surface area contributed by atoms with Crippen LogP contribution in [-0.2, 0) is 15.9 Å². The van der Waals surface area contributed by atoms with Crippen LogP contribution in [0.2, 0.25) is 0 Å². The number of hydrogen-bond acceptors (Lipinski definition) is 5. The lowest BCUT2D eigenvalue weighted by atomic mass is 10.1. The second-order valence-electron chi connectivity index (χ2n) is 6.58. The van der Waals surface area contributed by atoms with Crippen molar-refractivity contribution < 1.29 is 14.1 Å². The van der Waals surface area contributed by atoms with Crippen molar-refractivity contribution in [2.24, 2.45) is 0 Å². The molecule has 0 bridgehead atoms. The van der Waals surface area contributed by atoms with E-state index in [-0.39, 0.29) is 18.1 Å². The molecule has 2 aromatic heterocycles. The first-order valence-corrected chi connectivity index (χ1v) is 9.68. The molecular formula is C19H21N3O3P2. The Kier molecular flexibility index (Phi) is 5.14. The standard InChI is InChI=1S/C19H21N3O3P2/c1-2-8-21-9-7-14-13-5-3-4-6-15(13)20-18(17(14)21)24-12-10-16(19(23)25-27)22(26)11-12/h2-7,9,12,16H,1,8,10-11,26-27H2/t12?,16-/m0/s1. The summed E-state index contributed by atoms with van der Waals surface area (Å²) in [5, 5.41) is 2.19. The van der Waals surface area contributed by atoms with Crippen molar-refractivity contribution in [3.8, 4) is 5.88 Å². The molecule has 140 valence electrons.